The minimum absolute atomic E-state index is 0.664. The maximum Gasteiger partial charge on any atom is 0.137 e. The molecule has 0 amide bonds. The van der Waals surface area contributed by atoms with E-state index in [0.29, 0.717) is 5.92 Å². The summed E-state index contributed by atoms with van der Waals surface area (Å²) in [7, 11) is 1.99. The molecule has 5 heteroatoms. The van der Waals surface area contributed by atoms with Gasteiger partial charge in [-0.1, -0.05) is 30.3 Å². The van der Waals surface area contributed by atoms with Crippen molar-refractivity contribution in [3.05, 3.63) is 77.6 Å². The van der Waals surface area contributed by atoms with Crippen molar-refractivity contribution in [3.8, 4) is 6.07 Å². The first-order valence-corrected chi connectivity index (χ1v) is 13.0. The van der Waals surface area contributed by atoms with Crippen molar-refractivity contribution < 1.29 is 0 Å². The molecular formula is C30H35N5. The number of allylic oxidation sites excluding steroid dienone is 4. The van der Waals surface area contributed by atoms with Crippen molar-refractivity contribution >= 4 is 22.3 Å². The number of fused-ring (bicyclic) bond motifs is 1. The predicted molar refractivity (Wildman–Crippen MR) is 144 cm³/mol. The van der Waals surface area contributed by atoms with Gasteiger partial charge in [-0.2, -0.15) is 5.26 Å². The number of piperidine rings is 1. The molecule has 0 unspecified atom stereocenters. The van der Waals surface area contributed by atoms with Crippen LogP contribution in [0.4, 0.5) is 5.69 Å². The molecule has 0 bridgehead atoms. The van der Waals surface area contributed by atoms with E-state index in [1.165, 1.54) is 48.3 Å². The van der Waals surface area contributed by atoms with Crippen molar-refractivity contribution in [2.75, 3.05) is 32.0 Å². The predicted octanol–water partition coefficient (Wildman–Crippen LogP) is 6.36. The number of para-hydroxylation sites is 2. The summed E-state index contributed by atoms with van der Waals surface area (Å²) < 4.78 is 2.41. The van der Waals surface area contributed by atoms with Crippen molar-refractivity contribution in [2.45, 2.75) is 51.0 Å². The van der Waals surface area contributed by atoms with Gasteiger partial charge in [-0.25, -0.2) is 4.98 Å². The number of hydrogen-bond acceptors (Lipinski definition) is 4. The average Bonchev–Trinajstić information content (AvgIpc) is 3.10. The molecule has 1 aliphatic carbocycles. The van der Waals surface area contributed by atoms with Crippen LogP contribution in [0.2, 0.25) is 0 Å². The quantitative estimate of drug-likeness (QED) is 0.441. The highest BCUT2D eigenvalue weighted by atomic mass is 15.1. The summed E-state index contributed by atoms with van der Waals surface area (Å²) >= 11 is 0. The first-order valence-electron chi connectivity index (χ1n) is 13.0. The molecule has 1 aliphatic heterocycles. The smallest absolute Gasteiger partial charge is 0.137 e. The number of aromatic nitrogens is 2. The minimum atomic E-state index is 0.664. The van der Waals surface area contributed by atoms with Crippen LogP contribution in [0.15, 0.2) is 66.3 Å². The molecule has 5 rings (SSSR count). The van der Waals surface area contributed by atoms with Crippen LogP contribution < -0.4 is 5.32 Å². The molecule has 35 heavy (non-hydrogen) atoms. The number of nitrogens with zero attached hydrogens (tertiary/aromatic N) is 4. The van der Waals surface area contributed by atoms with Gasteiger partial charge >= 0.3 is 0 Å². The number of nitriles is 1. The third-order valence-electron chi connectivity index (χ3n) is 7.55. The summed E-state index contributed by atoms with van der Waals surface area (Å²) in [4.78, 5) is 7.64. The lowest BCUT2D eigenvalue weighted by atomic mass is 9.89. The van der Waals surface area contributed by atoms with Crippen molar-refractivity contribution in [1.82, 2.24) is 14.5 Å². The minimum Gasteiger partial charge on any atom is -0.388 e. The van der Waals surface area contributed by atoms with Crippen molar-refractivity contribution in [2.24, 2.45) is 0 Å². The Bertz CT molecular complexity index is 1270. The fourth-order valence-electron chi connectivity index (χ4n) is 5.55. The molecule has 2 heterocycles. The van der Waals surface area contributed by atoms with Crippen LogP contribution in [0.3, 0.4) is 0 Å². The Morgan fingerprint density at radius 2 is 1.89 bits per heavy atom. The molecule has 2 aliphatic rings. The van der Waals surface area contributed by atoms with Gasteiger partial charge in [0.2, 0.25) is 0 Å². The first kappa shape index (κ1) is 23.4. The molecule has 0 saturated carbocycles. The molecule has 3 aromatic rings. The molecule has 1 saturated heterocycles. The number of imidazole rings is 1. The molecule has 1 aromatic heterocycles. The molecule has 5 nitrogen and oxygen atoms in total. The van der Waals surface area contributed by atoms with Crippen LogP contribution in [-0.2, 0) is 6.54 Å². The normalized spacial score (nSPS) is 17.5. The van der Waals surface area contributed by atoms with Gasteiger partial charge in [-0.3, -0.25) is 0 Å². The maximum atomic E-state index is 9.31. The van der Waals surface area contributed by atoms with E-state index in [0.717, 1.165) is 55.7 Å². The van der Waals surface area contributed by atoms with Crippen LogP contribution in [0.25, 0.3) is 16.6 Å². The van der Waals surface area contributed by atoms with E-state index >= 15 is 0 Å². The number of hydrogen-bond donors (Lipinski definition) is 1. The molecule has 0 atom stereocenters. The summed E-state index contributed by atoms with van der Waals surface area (Å²) in [5.74, 6) is 1.74. The second kappa shape index (κ2) is 10.9. The van der Waals surface area contributed by atoms with Crippen molar-refractivity contribution in [3.63, 3.8) is 0 Å². The van der Waals surface area contributed by atoms with E-state index in [-0.39, 0.29) is 0 Å². The molecular weight excluding hydrogens is 430 g/mol. The number of rotatable bonds is 7. The molecule has 1 N–H and O–H groups in total. The topological polar surface area (TPSA) is 56.9 Å². The standard InChI is InChI=1S/C30H35N5/c1-32-27-10-5-9-26(21-27)24-15-19-34(20-16-24)17-6-18-35-29-12-3-2-11-28(29)33-30(35)25-8-4-7-23(22-31)13-14-25/h2-3,5,9-14,21,24,32H,4,6-8,15-20H2,1H3. The first-order chi connectivity index (χ1) is 17.2. The van der Waals surface area contributed by atoms with Gasteiger partial charge in [-0.05, 0) is 106 Å². The Morgan fingerprint density at radius 1 is 1.03 bits per heavy atom. The highest BCUT2D eigenvalue weighted by Crippen LogP contribution is 2.31. The zero-order chi connectivity index (χ0) is 24.0. The van der Waals surface area contributed by atoms with Crippen LogP contribution in [0, 0.1) is 11.3 Å². The summed E-state index contributed by atoms with van der Waals surface area (Å²) in [6.07, 6.45) is 10.5. The molecule has 2 aromatic carbocycles. The largest absolute Gasteiger partial charge is 0.388 e. The van der Waals surface area contributed by atoms with Gasteiger partial charge in [-0.15, -0.1) is 0 Å². The SMILES string of the molecule is CNc1cccc(C2CCN(CCCn3c(C4=CC=C(C#N)CCC4)nc4ccccc43)CC2)c1. The number of aryl methyl sites for hydroxylation is 1. The van der Waals surface area contributed by atoms with E-state index in [2.05, 4.69) is 75.5 Å². The second-order valence-electron chi connectivity index (χ2n) is 9.77. The Kier molecular flexibility index (Phi) is 7.30. The third-order valence-corrected chi connectivity index (χ3v) is 7.55. The molecule has 0 spiro atoms. The van der Waals surface area contributed by atoms with Gasteiger partial charge in [0.25, 0.3) is 0 Å². The Hall–Kier alpha value is -3.36. The summed E-state index contributed by atoms with van der Waals surface area (Å²) in [5.41, 5.74) is 7.05. The van der Waals surface area contributed by atoms with Crippen LogP contribution in [0.5, 0.6) is 0 Å². The number of nitrogens with one attached hydrogen (secondary N) is 1. The highest BCUT2D eigenvalue weighted by molar-refractivity contribution is 5.80. The highest BCUT2D eigenvalue weighted by Gasteiger charge is 2.21. The van der Waals surface area contributed by atoms with E-state index in [4.69, 9.17) is 4.98 Å². The van der Waals surface area contributed by atoms with Gasteiger partial charge in [0, 0.05) is 24.9 Å². The van der Waals surface area contributed by atoms with E-state index in [1.807, 2.05) is 13.1 Å². The van der Waals surface area contributed by atoms with Crippen molar-refractivity contribution in [1.29, 1.82) is 5.26 Å². The second-order valence-corrected chi connectivity index (χ2v) is 9.77. The molecule has 0 radical (unpaired) electrons. The van der Waals surface area contributed by atoms with Crippen LogP contribution in [0.1, 0.15) is 55.8 Å². The third kappa shape index (κ3) is 5.33. The number of benzene rings is 2. The van der Waals surface area contributed by atoms with Crippen LogP contribution in [-0.4, -0.2) is 41.1 Å². The molecule has 180 valence electrons. The zero-order valence-electron chi connectivity index (χ0n) is 20.7. The monoisotopic (exact) mass is 465 g/mol. The van der Waals surface area contributed by atoms with Gasteiger partial charge in [0.1, 0.15) is 5.82 Å². The lowest BCUT2D eigenvalue weighted by Crippen LogP contribution is -2.34. The summed E-state index contributed by atoms with van der Waals surface area (Å²) in [6.45, 7) is 4.41. The van der Waals surface area contributed by atoms with Gasteiger partial charge < -0.3 is 14.8 Å². The fourth-order valence-corrected chi connectivity index (χ4v) is 5.55. The van der Waals surface area contributed by atoms with Crippen LogP contribution >= 0.6 is 0 Å². The number of anilines is 1. The Morgan fingerprint density at radius 3 is 2.71 bits per heavy atom. The molecule has 1 fully saturated rings. The lowest BCUT2D eigenvalue weighted by Gasteiger charge is -2.32. The van der Waals surface area contributed by atoms with E-state index < -0.39 is 0 Å². The van der Waals surface area contributed by atoms with E-state index in [9.17, 15) is 5.26 Å². The lowest BCUT2D eigenvalue weighted by molar-refractivity contribution is 0.207. The van der Waals surface area contributed by atoms with Gasteiger partial charge in [0.15, 0.2) is 0 Å². The zero-order valence-corrected chi connectivity index (χ0v) is 20.7. The maximum absolute atomic E-state index is 9.31. The summed E-state index contributed by atoms with van der Waals surface area (Å²) in [5, 5.41) is 12.6. The van der Waals surface area contributed by atoms with E-state index in [1.54, 1.807) is 0 Å². The Balaban J connectivity index is 1.24. The Labute approximate surface area is 208 Å². The van der Waals surface area contributed by atoms with Gasteiger partial charge in [0.05, 0.1) is 17.1 Å². The summed E-state index contributed by atoms with van der Waals surface area (Å²) in [6, 6.07) is 19.7. The number of likely N-dealkylation sites (tertiary alicyclic amines) is 1. The fraction of sp³-hybridized carbons (Fsp3) is 0.400. The average molecular weight is 466 g/mol.